The maximum Gasteiger partial charge on any atom is 0.230 e. The van der Waals surface area contributed by atoms with Crippen molar-refractivity contribution < 1.29 is 0 Å². The molecule has 0 bridgehead atoms. The van der Waals surface area contributed by atoms with Gasteiger partial charge in [0.15, 0.2) is 0 Å². The molecule has 102 valence electrons. The van der Waals surface area contributed by atoms with E-state index >= 15 is 0 Å². The lowest BCUT2D eigenvalue weighted by Crippen LogP contribution is -1.96. The number of fused-ring (bicyclic) bond motifs is 1. The highest BCUT2D eigenvalue weighted by Crippen LogP contribution is 2.30. The van der Waals surface area contributed by atoms with E-state index in [1.807, 2.05) is 24.3 Å². The average Bonchev–Trinajstić information content (AvgIpc) is 2.85. The van der Waals surface area contributed by atoms with Crippen LogP contribution in [0.2, 0.25) is 5.15 Å². The molecule has 0 amide bonds. The van der Waals surface area contributed by atoms with Crippen molar-refractivity contribution in [1.82, 2.24) is 9.97 Å². The highest BCUT2D eigenvalue weighted by atomic mass is 35.5. The number of nitrogens with one attached hydrogen (secondary N) is 1. The maximum atomic E-state index is 6.24. The van der Waals surface area contributed by atoms with E-state index in [1.54, 1.807) is 11.3 Å². The van der Waals surface area contributed by atoms with Gasteiger partial charge < -0.3 is 5.32 Å². The first kappa shape index (κ1) is 13.3. The molecule has 0 fully saturated rings. The van der Waals surface area contributed by atoms with Gasteiger partial charge in [-0.1, -0.05) is 36.2 Å². The van der Waals surface area contributed by atoms with Gasteiger partial charge >= 0.3 is 0 Å². The lowest BCUT2D eigenvalue weighted by molar-refractivity contribution is 1.19. The zero-order valence-electron chi connectivity index (χ0n) is 11.3. The molecule has 0 atom stereocenters. The molecule has 0 aliphatic carbocycles. The van der Waals surface area contributed by atoms with Crippen LogP contribution in [0.15, 0.2) is 30.3 Å². The molecule has 2 heterocycles. The first-order valence-corrected chi connectivity index (χ1v) is 7.65. The third-order valence-electron chi connectivity index (χ3n) is 3.05. The molecule has 5 heteroatoms. The molecule has 0 aliphatic heterocycles. The number of halogens is 1. The molecule has 0 unspecified atom stereocenters. The summed E-state index contributed by atoms with van der Waals surface area (Å²) < 4.78 is 0. The maximum absolute atomic E-state index is 6.24. The number of hydrogen-bond donors (Lipinski definition) is 1. The van der Waals surface area contributed by atoms with E-state index < -0.39 is 0 Å². The van der Waals surface area contributed by atoms with Gasteiger partial charge in [0.2, 0.25) is 5.95 Å². The van der Waals surface area contributed by atoms with Crippen molar-refractivity contribution in [1.29, 1.82) is 0 Å². The van der Waals surface area contributed by atoms with Crippen LogP contribution >= 0.6 is 22.9 Å². The van der Waals surface area contributed by atoms with E-state index in [0.717, 1.165) is 22.3 Å². The second-order valence-corrected chi connectivity index (χ2v) is 6.09. The van der Waals surface area contributed by atoms with Crippen LogP contribution in [0.25, 0.3) is 10.2 Å². The summed E-state index contributed by atoms with van der Waals surface area (Å²) in [6, 6.07) is 10.2. The fraction of sp³-hybridized carbons (Fsp3) is 0.200. The molecule has 0 saturated heterocycles. The Hall–Kier alpha value is -1.65. The molecule has 0 saturated carbocycles. The van der Waals surface area contributed by atoms with Gasteiger partial charge in [0.1, 0.15) is 9.98 Å². The molecule has 1 aromatic carbocycles. The van der Waals surface area contributed by atoms with Crippen molar-refractivity contribution >= 4 is 44.8 Å². The summed E-state index contributed by atoms with van der Waals surface area (Å²) in [6.07, 6.45) is 0.984. The summed E-state index contributed by atoms with van der Waals surface area (Å²) in [5.74, 6) is 0.538. The summed E-state index contributed by atoms with van der Waals surface area (Å²) in [5.41, 5.74) is 2.18. The van der Waals surface area contributed by atoms with Crippen LogP contribution < -0.4 is 5.32 Å². The Bertz CT molecular complexity index is 750. The van der Waals surface area contributed by atoms with Crippen molar-refractivity contribution in [2.24, 2.45) is 0 Å². The Labute approximate surface area is 126 Å². The Morgan fingerprint density at radius 2 is 1.95 bits per heavy atom. The number of anilines is 2. The largest absolute Gasteiger partial charge is 0.324 e. The van der Waals surface area contributed by atoms with E-state index in [2.05, 4.69) is 35.2 Å². The second-order valence-electron chi connectivity index (χ2n) is 4.61. The summed E-state index contributed by atoms with van der Waals surface area (Å²) in [6.45, 7) is 4.18. The van der Waals surface area contributed by atoms with E-state index in [0.29, 0.717) is 11.1 Å². The van der Waals surface area contributed by atoms with Crippen molar-refractivity contribution in [2.75, 3.05) is 5.32 Å². The van der Waals surface area contributed by atoms with Crippen LogP contribution in [0.5, 0.6) is 0 Å². The van der Waals surface area contributed by atoms with E-state index in [-0.39, 0.29) is 0 Å². The molecule has 2 aromatic heterocycles. The van der Waals surface area contributed by atoms with Crippen LogP contribution in [0, 0.1) is 6.92 Å². The molecule has 3 rings (SSSR count). The summed E-state index contributed by atoms with van der Waals surface area (Å²) >= 11 is 7.90. The van der Waals surface area contributed by atoms with Crippen molar-refractivity contribution in [3.63, 3.8) is 0 Å². The normalized spacial score (nSPS) is 10.9. The highest BCUT2D eigenvalue weighted by molar-refractivity contribution is 7.18. The Morgan fingerprint density at radius 1 is 1.20 bits per heavy atom. The molecule has 3 nitrogen and oxygen atoms in total. The van der Waals surface area contributed by atoms with E-state index in [1.165, 1.54) is 10.4 Å². The summed E-state index contributed by atoms with van der Waals surface area (Å²) in [4.78, 5) is 11.0. The number of rotatable bonds is 3. The predicted molar refractivity (Wildman–Crippen MR) is 86.3 cm³/mol. The summed E-state index contributed by atoms with van der Waals surface area (Å²) in [7, 11) is 0. The first-order chi connectivity index (χ1) is 9.65. The second kappa shape index (κ2) is 5.38. The fourth-order valence-electron chi connectivity index (χ4n) is 1.93. The molecular weight excluding hydrogens is 290 g/mol. The molecule has 0 spiro atoms. The van der Waals surface area contributed by atoms with Crippen LogP contribution in [0.3, 0.4) is 0 Å². The number of thiophene rings is 1. The van der Waals surface area contributed by atoms with Crippen LogP contribution in [0.1, 0.15) is 17.4 Å². The van der Waals surface area contributed by atoms with Gasteiger partial charge in [-0.15, -0.1) is 11.3 Å². The minimum absolute atomic E-state index is 0.501. The third kappa shape index (κ3) is 2.62. The number of aryl methyl sites for hydroxylation is 2. The lowest BCUT2D eigenvalue weighted by Gasteiger charge is -2.05. The Balaban J connectivity index is 1.97. The van der Waals surface area contributed by atoms with E-state index in [4.69, 9.17) is 11.6 Å². The van der Waals surface area contributed by atoms with Crippen molar-refractivity contribution in [3.8, 4) is 0 Å². The van der Waals surface area contributed by atoms with Gasteiger partial charge in [0.05, 0.1) is 0 Å². The Morgan fingerprint density at radius 3 is 2.65 bits per heavy atom. The number of aromatic nitrogens is 2. The first-order valence-electron chi connectivity index (χ1n) is 6.45. The van der Waals surface area contributed by atoms with Crippen LogP contribution in [-0.4, -0.2) is 9.97 Å². The SMILES string of the molecule is CCc1cc2c(Cl)nc(Nc3ccc(C)cc3)nc2s1. The minimum atomic E-state index is 0.501. The van der Waals surface area contributed by atoms with Gasteiger partial charge in [0, 0.05) is 16.0 Å². The molecule has 3 aromatic rings. The molecule has 1 N–H and O–H groups in total. The number of nitrogens with zero attached hydrogens (tertiary/aromatic N) is 2. The van der Waals surface area contributed by atoms with Gasteiger partial charge in [0.25, 0.3) is 0 Å². The zero-order chi connectivity index (χ0) is 14.1. The quantitative estimate of drug-likeness (QED) is 0.695. The molecule has 0 aliphatic rings. The standard InChI is InChI=1S/C15H14ClN3S/c1-3-11-8-12-13(16)18-15(19-14(12)20-11)17-10-6-4-9(2)5-7-10/h4-8H,3H2,1-2H3,(H,17,18,19). The molecule has 20 heavy (non-hydrogen) atoms. The van der Waals surface area contributed by atoms with Crippen LogP contribution in [0.4, 0.5) is 11.6 Å². The summed E-state index contributed by atoms with van der Waals surface area (Å²) in [5, 5.41) is 4.63. The Kier molecular flexibility index (Phi) is 3.59. The van der Waals surface area contributed by atoms with Crippen molar-refractivity contribution in [3.05, 3.63) is 45.9 Å². The highest BCUT2D eigenvalue weighted by Gasteiger charge is 2.09. The zero-order valence-corrected chi connectivity index (χ0v) is 12.8. The number of benzene rings is 1. The number of hydrogen-bond acceptors (Lipinski definition) is 4. The van der Waals surface area contributed by atoms with Crippen molar-refractivity contribution in [2.45, 2.75) is 20.3 Å². The van der Waals surface area contributed by atoms with E-state index in [9.17, 15) is 0 Å². The smallest absolute Gasteiger partial charge is 0.230 e. The minimum Gasteiger partial charge on any atom is -0.324 e. The fourth-order valence-corrected chi connectivity index (χ4v) is 3.18. The van der Waals surface area contributed by atoms with Gasteiger partial charge in [-0.05, 0) is 31.5 Å². The van der Waals surface area contributed by atoms with Gasteiger partial charge in [-0.2, -0.15) is 0 Å². The molecular formula is C15H14ClN3S. The average molecular weight is 304 g/mol. The lowest BCUT2D eigenvalue weighted by atomic mass is 10.2. The van der Waals surface area contributed by atoms with Gasteiger partial charge in [-0.25, -0.2) is 9.97 Å². The predicted octanol–water partition coefficient (Wildman–Crippen LogP) is 4.96. The third-order valence-corrected chi connectivity index (χ3v) is 4.51. The topological polar surface area (TPSA) is 37.8 Å². The monoisotopic (exact) mass is 303 g/mol. The van der Waals surface area contributed by atoms with Crippen LogP contribution in [-0.2, 0) is 6.42 Å². The molecule has 0 radical (unpaired) electrons. The van der Waals surface area contributed by atoms with Gasteiger partial charge in [-0.3, -0.25) is 0 Å².